The number of pyridine rings is 1. The summed E-state index contributed by atoms with van der Waals surface area (Å²) in [5.41, 5.74) is 4.59. The molecule has 2 aromatic rings. The minimum absolute atomic E-state index is 0.589. The Bertz CT molecular complexity index is 610. The van der Waals surface area contributed by atoms with Crippen molar-refractivity contribution in [1.82, 2.24) is 4.98 Å². The standard InChI is InChI=1S/C18H18BrN/c19-16(11-12-7-9-20-10-8-12)18-15-6-5-13-3-1-2-4-14(13)17(15)18/h1-4,7-10,15-18H,5-6,11H2. The Hall–Kier alpha value is -1.15. The van der Waals surface area contributed by atoms with Crippen molar-refractivity contribution >= 4 is 15.9 Å². The summed E-state index contributed by atoms with van der Waals surface area (Å²) in [6.07, 6.45) is 7.53. The van der Waals surface area contributed by atoms with Crippen molar-refractivity contribution in [2.75, 3.05) is 0 Å². The zero-order chi connectivity index (χ0) is 13.5. The van der Waals surface area contributed by atoms with Crippen LogP contribution in [0.25, 0.3) is 0 Å². The van der Waals surface area contributed by atoms with Gasteiger partial charge in [-0.15, -0.1) is 0 Å². The van der Waals surface area contributed by atoms with Gasteiger partial charge in [-0.05, 0) is 65.8 Å². The lowest BCUT2D eigenvalue weighted by atomic mass is 9.92. The van der Waals surface area contributed by atoms with Crippen LogP contribution in [-0.4, -0.2) is 9.81 Å². The van der Waals surface area contributed by atoms with Gasteiger partial charge < -0.3 is 0 Å². The molecule has 20 heavy (non-hydrogen) atoms. The van der Waals surface area contributed by atoms with Crippen LogP contribution in [0.1, 0.15) is 29.0 Å². The Morgan fingerprint density at radius 3 is 2.80 bits per heavy atom. The number of halogens is 1. The summed E-state index contributed by atoms with van der Waals surface area (Å²) in [7, 11) is 0. The molecule has 1 aromatic carbocycles. The fraction of sp³-hybridized carbons (Fsp3) is 0.389. The van der Waals surface area contributed by atoms with Crippen molar-refractivity contribution in [2.45, 2.75) is 30.0 Å². The van der Waals surface area contributed by atoms with Gasteiger partial charge in [-0.25, -0.2) is 0 Å². The van der Waals surface area contributed by atoms with E-state index in [-0.39, 0.29) is 0 Å². The Labute approximate surface area is 128 Å². The molecule has 0 N–H and O–H groups in total. The first-order valence-electron chi connectivity index (χ1n) is 7.45. The average molecular weight is 328 g/mol. The lowest BCUT2D eigenvalue weighted by molar-refractivity contribution is 0.617. The van der Waals surface area contributed by atoms with E-state index < -0.39 is 0 Å². The van der Waals surface area contributed by atoms with Crippen molar-refractivity contribution in [3.8, 4) is 0 Å². The third-order valence-corrected chi connectivity index (χ3v) is 5.92. The van der Waals surface area contributed by atoms with Crippen LogP contribution in [0.15, 0.2) is 48.8 Å². The molecule has 1 nitrogen and oxygen atoms in total. The van der Waals surface area contributed by atoms with Gasteiger partial charge in [0, 0.05) is 17.2 Å². The normalized spacial score (nSPS) is 28.4. The summed E-state index contributed by atoms with van der Waals surface area (Å²) < 4.78 is 0. The summed E-state index contributed by atoms with van der Waals surface area (Å²) in [5.74, 6) is 2.51. The van der Waals surface area contributed by atoms with Crippen LogP contribution < -0.4 is 0 Å². The number of benzene rings is 1. The molecule has 0 spiro atoms. The number of hydrogen-bond acceptors (Lipinski definition) is 1. The molecule has 0 amide bonds. The van der Waals surface area contributed by atoms with Gasteiger partial charge in [0.1, 0.15) is 0 Å². The molecule has 2 heteroatoms. The van der Waals surface area contributed by atoms with Gasteiger partial charge >= 0.3 is 0 Å². The second-order valence-electron chi connectivity index (χ2n) is 6.08. The number of hydrogen-bond donors (Lipinski definition) is 0. The predicted molar refractivity (Wildman–Crippen MR) is 85.1 cm³/mol. The third kappa shape index (κ3) is 2.10. The van der Waals surface area contributed by atoms with Crippen molar-refractivity contribution in [2.24, 2.45) is 11.8 Å². The molecule has 4 atom stereocenters. The SMILES string of the molecule is BrC(Cc1ccncc1)C1C2CCc3ccccc3C21. The van der Waals surface area contributed by atoms with Crippen LogP contribution in [0.2, 0.25) is 0 Å². The molecular formula is C18H18BrN. The van der Waals surface area contributed by atoms with E-state index in [9.17, 15) is 0 Å². The number of aryl methyl sites for hydroxylation is 1. The molecule has 0 aliphatic heterocycles. The van der Waals surface area contributed by atoms with Gasteiger partial charge in [-0.1, -0.05) is 40.2 Å². The fourth-order valence-corrected chi connectivity index (χ4v) is 5.09. The minimum atomic E-state index is 0.589. The van der Waals surface area contributed by atoms with Crippen molar-refractivity contribution in [3.05, 3.63) is 65.5 Å². The van der Waals surface area contributed by atoms with Crippen LogP contribution in [0.4, 0.5) is 0 Å². The third-order valence-electron chi connectivity index (χ3n) is 4.99. The molecule has 1 saturated carbocycles. The number of nitrogens with zero attached hydrogens (tertiary/aromatic N) is 1. The molecule has 0 bridgehead atoms. The maximum Gasteiger partial charge on any atom is 0.0270 e. The van der Waals surface area contributed by atoms with E-state index in [0.717, 1.165) is 24.2 Å². The highest BCUT2D eigenvalue weighted by atomic mass is 79.9. The molecule has 1 aromatic heterocycles. The topological polar surface area (TPSA) is 12.9 Å². The van der Waals surface area contributed by atoms with Gasteiger partial charge in [0.25, 0.3) is 0 Å². The monoisotopic (exact) mass is 327 g/mol. The zero-order valence-electron chi connectivity index (χ0n) is 11.4. The molecule has 2 aliphatic rings. The van der Waals surface area contributed by atoms with Crippen LogP contribution in [0.3, 0.4) is 0 Å². The lowest BCUT2D eigenvalue weighted by Crippen LogP contribution is -2.07. The van der Waals surface area contributed by atoms with Gasteiger partial charge in [0.05, 0.1) is 0 Å². The smallest absolute Gasteiger partial charge is 0.0270 e. The zero-order valence-corrected chi connectivity index (χ0v) is 13.0. The fourth-order valence-electron chi connectivity index (χ4n) is 3.99. The largest absolute Gasteiger partial charge is 0.265 e. The molecule has 1 heterocycles. The van der Waals surface area contributed by atoms with E-state index in [4.69, 9.17) is 0 Å². The Kier molecular flexibility index (Phi) is 3.14. The van der Waals surface area contributed by atoms with E-state index >= 15 is 0 Å². The van der Waals surface area contributed by atoms with Gasteiger partial charge in [0.15, 0.2) is 0 Å². The molecular weight excluding hydrogens is 310 g/mol. The Morgan fingerprint density at radius 2 is 1.95 bits per heavy atom. The quantitative estimate of drug-likeness (QED) is 0.763. The van der Waals surface area contributed by atoms with E-state index in [0.29, 0.717) is 4.83 Å². The van der Waals surface area contributed by atoms with Crippen molar-refractivity contribution in [3.63, 3.8) is 0 Å². The van der Waals surface area contributed by atoms with Crippen molar-refractivity contribution < 1.29 is 0 Å². The van der Waals surface area contributed by atoms with E-state index in [1.54, 1.807) is 11.1 Å². The summed E-state index contributed by atoms with van der Waals surface area (Å²) in [6, 6.07) is 13.3. The van der Waals surface area contributed by atoms with E-state index in [1.807, 2.05) is 12.4 Å². The molecule has 4 unspecified atom stereocenters. The van der Waals surface area contributed by atoms with Gasteiger partial charge in [-0.3, -0.25) is 4.98 Å². The maximum absolute atomic E-state index is 4.10. The number of fused-ring (bicyclic) bond motifs is 3. The van der Waals surface area contributed by atoms with Gasteiger partial charge in [0.2, 0.25) is 0 Å². The van der Waals surface area contributed by atoms with Crippen molar-refractivity contribution in [1.29, 1.82) is 0 Å². The van der Waals surface area contributed by atoms with Crippen LogP contribution in [-0.2, 0) is 12.8 Å². The minimum Gasteiger partial charge on any atom is -0.265 e. The molecule has 2 aliphatic carbocycles. The molecule has 102 valence electrons. The second kappa shape index (κ2) is 5.00. The van der Waals surface area contributed by atoms with Crippen LogP contribution in [0, 0.1) is 11.8 Å². The number of aromatic nitrogens is 1. The first-order chi connectivity index (χ1) is 9.84. The first-order valence-corrected chi connectivity index (χ1v) is 8.37. The highest BCUT2D eigenvalue weighted by Crippen LogP contribution is 2.62. The lowest BCUT2D eigenvalue weighted by Gasteiger charge is -2.13. The van der Waals surface area contributed by atoms with Crippen LogP contribution in [0.5, 0.6) is 0 Å². The molecule has 4 rings (SSSR count). The van der Waals surface area contributed by atoms with Gasteiger partial charge in [-0.2, -0.15) is 0 Å². The summed E-state index contributed by atoms with van der Waals surface area (Å²) in [4.78, 5) is 4.69. The molecule has 1 fully saturated rings. The molecule has 0 radical (unpaired) electrons. The average Bonchev–Trinajstić information content (AvgIpc) is 3.23. The summed E-state index contributed by atoms with van der Waals surface area (Å²) in [6.45, 7) is 0. The Morgan fingerprint density at radius 1 is 1.15 bits per heavy atom. The highest BCUT2D eigenvalue weighted by molar-refractivity contribution is 9.09. The summed E-state index contributed by atoms with van der Waals surface area (Å²) >= 11 is 3.96. The summed E-state index contributed by atoms with van der Waals surface area (Å²) in [5, 5.41) is 0. The second-order valence-corrected chi connectivity index (χ2v) is 7.26. The predicted octanol–water partition coefficient (Wildman–Crippen LogP) is 4.36. The van der Waals surface area contributed by atoms with E-state index in [1.165, 1.54) is 18.4 Å². The van der Waals surface area contributed by atoms with Crippen LogP contribution >= 0.6 is 15.9 Å². The highest BCUT2D eigenvalue weighted by Gasteiger charge is 2.55. The maximum atomic E-state index is 4.10. The van der Waals surface area contributed by atoms with E-state index in [2.05, 4.69) is 57.3 Å². The first kappa shape index (κ1) is 12.6. The molecule has 0 saturated heterocycles. The Balaban J connectivity index is 1.52. The number of alkyl halides is 1. The number of rotatable bonds is 3.